The molecule has 21 heavy (non-hydrogen) atoms. The maximum Gasteiger partial charge on any atom is 0.227 e. The van der Waals surface area contributed by atoms with E-state index in [9.17, 15) is 4.79 Å². The summed E-state index contributed by atoms with van der Waals surface area (Å²) in [5.41, 5.74) is 6.40. The summed E-state index contributed by atoms with van der Waals surface area (Å²) in [5.74, 6) is 0.959. The summed E-state index contributed by atoms with van der Waals surface area (Å²) in [6.07, 6.45) is 2.78. The molecule has 1 aromatic carbocycles. The number of oxime groups is 1. The molecule has 1 saturated carbocycles. The molecule has 0 aromatic heterocycles. The maximum absolute atomic E-state index is 12.4. The van der Waals surface area contributed by atoms with E-state index in [2.05, 4.69) is 5.16 Å². The van der Waals surface area contributed by atoms with E-state index in [4.69, 9.17) is 15.7 Å². The zero-order chi connectivity index (χ0) is 15.2. The van der Waals surface area contributed by atoms with Crippen LogP contribution in [0.25, 0.3) is 0 Å². The summed E-state index contributed by atoms with van der Waals surface area (Å²) in [6, 6.07) is 7.81. The van der Waals surface area contributed by atoms with Crippen LogP contribution in [0, 0.1) is 0 Å². The zero-order valence-corrected chi connectivity index (χ0v) is 12.2. The van der Waals surface area contributed by atoms with E-state index in [0.717, 1.165) is 24.2 Å². The Morgan fingerprint density at radius 3 is 2.90 bits per heavy atom. The van der Waals surface area contributed by atoms with Gasteiger partial charge >= 0.3 is 0 Å². The van der Waals surface area contributed by atoms with E-state index in [0.29, 0.717) is 25.4 Å². The van der Waals surface area contributed by atoms with Gasteiger partial charge in [-0.05, 0) is 30.5 Å². The monoisotopic (exact) mass is 291 g/mol. The molecule has 114 valence electrons. The van der Waals surface area contributed by atoms with Gasteiger partial charge in [-0.15, -0.1) is 0 Å². The average molecular weight is 291 g/mol. The molecule has 0 aliphatic heterocycles. The van der Waals surface area contributed by atoms with Crippen LogP contribution in [0.1, 0.15) is 24.8 Å². The number of rotatable bonds is 7. The molecule has 0 bridgehead atoms. The average Bonchev–Trinajstić information content (AvgIpc) is 3.32. The molecule has 6 nitrogen and oxygen atoms in total. The number of amidine groups is 1. The zero-order valence-electron chi connectivity index (χ0n) is 12.2. The van der Waals surface area contributed by atoms with Crippen molar-refractivity contribution in [1.82, 2.24) is 4.90 Å². The molecule has 1 fully saturated rings. The molecular weight excluding hydrogens is 270 g/mol. The molecule has 0 saturated heterocycles. The maximum atomic E-state index is 12.4. The largest absolute Gasteiger partial charge is 0.497 e. The first-order valence-electron chi connectivity index (χ1n) is 7.03. The summed E-state index contributed by atoms with van der Waals surface area (Å²) < 4.78 is 5.17. The molecular formula is C15H21N3O3. The molecule has 0 atom stereocenters. The second-order valence-corrected chi connectivity index (χ2v) is 5.19. The molecule has 2 rings (SSSR count). The Morgan fingerprint density at radius 1 is 1.52 bits per heavy atom. The molecule has 1 aromatic rings. The number of benzene rings is 1. The number of carbonyl (C=O) groups excluding carboxylic acids is 1. The van der Waals surface area contributed by atoms with E-state index >= 15 is 0 Å². The fraction of sp³-hybridized carbons (Fsp3) is 0.467. The normalized spacial score (nSPS) is 14.8. The Hall–Kier alpha value is -2.24. The molecule has 0 heterocycles. The number of nitrogens with zero attached hydrogens (tertiary/aromatic N) is 2. The second-order valence-electron chi connectivity index (χ2n) is 5.19. The van der Waals surface area contributed by atoms with Gasteiger partial charge in [0, 0.05) is 19.0 Å². The van der Waals surface area contributed by atoms with Gasteiger partial charge in [0.25, 0.3) is 0 Å². The summed E-state index contributed by atoms with van der Waals surface area (Å²) in [6.45, 7) is 0.489. The minimum absolute atomic E-state index is 0.0662. The first kappa shape index (κ1) is 15.2. The molecule has 0 unspecified atom stereocenters. The first-order valence-corrected chi connectivity index (χ1v) is 7.03. The van der Waals surface area contributed by atoms with Crippen molar-refractivity contribution in [2.24, 2.45) is 10.9 Å². The highest BCUT2D eigenvalue weighted by Gasteiger charge is 2.32. The van der Waals surface area contributed by atoms with E-state index < -0.39 is 0 Å². The number of methoxy groups -OCH3 is 1. The Bertz CT molecular complexity index is 527. The van der Waals surface area contributed by atoms with Gasteiger partial charge in [-0.1, -0.05) is 17.3 Å². The van der Waals surface area contributed by atoms with Gasteiger partial charge in [-0.2, -0.15) is 0 Å². The molecule has 1 aliphatic carbocycles. The SMILES string of the molecule is COc1cccc(CC(=O)N(CCC(N)=NO)C2CC2)c1. The van der Waals surface area contributed by atoms with Crippen LogP contribution in [-0.4, -0.2) is 41.5 Å². The minimum Gasteiger partial charge on any atom is -0.497 e. The van der Waals surface area contributed by atoms with E-state index in [-0.39, 0.29) is 11.7 Å². The van der Waals surface area contributed by atoms with Crippen molar-refractivity contribution >= 4 is 11.7 Å². The topological polar surface area (TPSA) is 88.2 Å². The lowest BCUT2D eigenvalue weighted by Crippen LogP contribution is -2.36. The third kappa shape index (κ3) is 4.37. The molecule has 0 spiro atoms. The fourth-order valence-electron chi connectivity index (χ4n) is 2.24. The highest BCUT2D eigenvalue weighted by molar-refractivity contribution is 5.82. The Balaban J connectivity index is 1.98. The predicted molar refractivity (Wildman–Crippen MR) is 79.5 cm³/mol. The molecule has 1 aliphatic rings. The van der Waals surface area contributed by atoms with Gasteiger partial charge < -0.3 is 20.6 Å². The number of amides is 1. The first-order chi connectivity index (χ1) is 10.1. The van der Waals surface area contributed by atoms with Gasteiger partial charge in [0.2, 0.25) is 5.91 Å². The van der Waals surface area contributed by atoms with Crippen molar-refractivity contribution in [2.45, 2.75) is 31.7 Å². The van der Waals surface area contributed by atoms with Crippen molar-refractivity contribution in [2.75, 3.05) is 13.7 Å². The van der Waals surface area contributed by atoms with Crippen LogP contribution in [0.5, 0.6) is 5.75 Å². The molecule has 3 N–H and O–H groups in total. The van der Waals surface area contributed by atoms with Crippen LogP contribution in [0.4, 0.5) is 0 Å². The Labute approximate surface area is 124 Å². The van der Waals surface area contributed by atoms with Gasteiger partial charge in [0.15, 0.2) is 0 Å². The molecule has 6 heteroatoms. The third-order valence-corrected chi connectivity index (χ3v) is 3.53. The summed E-state index contributed by atoms with van der Waals surface area (Å²) in [4.78, 5) is 14.3. The lowest BCUT2D eigenvalue weighted by molar-refractivity contribution is -0.130. The van der Waals surface area contributed by atoms with Crippen molar-refractivity contribution in [3.63, 3.8) is 0 Å². The van der Waals surface area contributed by atoms with Gasteiger partial charge in [0.1, 0.15) is 11.6 Å². The number of hydrogen-bond acceptors (Lipinski definition) is 4. The number of carbonyl (C=O) groups is 1. The summed E-state index contributed by atoms with van der Waals surface area (Å²) >= 11 is 0. The van der Waals surface area contributed by atoms with Crippen LogP contribution < -0.4 is 10.5 Å². The lowest BCUT2D eigenvalue weighted by Gasteiger charge is -2.22. The highest BCUT2D eigenvalue weighted by atomic mass is 16.5. The van der Waals surface area contributed by atoms with Crippen LogP contribution in [0.3, 0.4) is 0 Å². The third-order valence-electron chi connectivity index (χ3n) is 3.53. The van der Waals surface area contributed by atoms with Crippen LogP contribution in [-0.2, 0) is 11.2 Å². The lowest BCUT2D eigenvalue weighted by atomic mass is 10.1. The Kier molecular flexibility index (Phi) is 5.03. The van der Waals surface area contributed by atoms with Crippen molar-refractivity contribution < 1.29 is 14.7 Å². The summed E-state index contributed by atoms with van der Waals surface area (Å²) in [5, 5.41) is 11.5. The van der Waals surface area contributed by atoms with E-state index in [1.165, 1.54) is 0 Å². The van der Waals surface area contributed by atoms with Crippen molar-refractivity contribution in [3.8, 4) is 5.75 Å². The quantitative estimate of drug-likeness (QED) is 0.344. The number of hydrogen-bond donors (Lipinski definition) is 2. The minimum atomic E-state index is 0.0662. The fourth-order valence-corrected chi connectivity index (χ4v) is 2.24. The smallest absolute Gasteiger partial charge is 0.227 e. The van der Waals surface area contributed by atoms with Gasteiger partial charge in [-0.3, -0.25) is 4.79 Å². The standard InChI is InChI=1S/C15H21N3O3/c1-21-13-4-2-3-11(9-13)10-15(19)18(12-5-6-12)8-7-14(16)17-20/h2-4,9,12,20H,5-8,10H2,1H3,(H2,16,17). The molecule has 1 amide bonds. The van der Waals surface area contributed by atoms with Crippen LogP contribution >= 0.6 is 0 Å². The van der Waals surface area contributed by atoms with E-state index in [1.807, 2.05) is 29.2 Å². The number of ether oxygens (including phenoxy) is 1. The van der Waals surface area contributed by atoms with Crippen molar-refractivity contribution in [3.05, 3.63) is 29.8 Å². The van der Waals surface area contributed by atoms with Crippen LogP contribution in [0.15, 0.2) is 29.4 Å². The Morgan fingerprint density at radius 2 is 2.29 bits per heavy atom. The van der Waals surface area contributed by atoms with Gasteiger partial charge in [-0.25, -0.2) is 0 Å². The van der Waals surface area contributed by atoms with Gasteiger partial charge in [0.05, 0.1) is 13.5 Å². The van der Waals surface area contributed by atoms with Crippen molar-refractivity contribution in [1.29, 1.82) is 0 Å². The van der Waals surface area contributed by atoms with Crippen LogP contribution in [0.2, 0.25) is 0 Å². The highest BCUT2D eigenvalue weighted by Crippen LogP contribution is 2.27. The summed E-state index contributed by atoms with van der Waals surface area (Å²) in [7, 11) is 1.61. The molecule has 0 radical (unpaired) electrons. The second kappa shape index (κ2) is 6.97. The number of nitrogens with two attached hydrogens (primary N) is 1. The predicted octanol–water partition coefficient (Wildman–Crippen LogP) is 1.37. The van der Waals surface area contributed by atoms with E-state index in [1.54, 1.807) is 7.11 Å².